The lowest BCUT2D eigenvalue weighted by atomic mass is 10.2. The molecule has 0 aliphatic rings. The first-order valence-corrected chi connectivity index (χ1v) is 6.03. The van der Waals surface area contributed by atoms with Gasteiger partial charge in [0.25, 0.3) is 0 Å². The molecule has 0 saturated carbocycles. The Hall–Kier alpha value is -0.540. The summed E-state index contributed by atoms with van der Waals surface area (Å²) in [6.07, 6.45) is 2.09. The molecular formula is C11H16FNS. The third-order valence-electron chi connectivity index (χ3n) is 2.02. The van der Waals surface area contributed by atoms with Crippen molar-refractivity contribution in [2.75, 3.05) is 25.6 Å². The second-order valence-corrected chi connectivity index (χ2v) is 4.35. The Bertz CT molecular complexity index is 278. The van der Waals surface area contributed by atoms with E-state index in [0.717, 1.165) is 24.4 Å². The van der Waals surface area contributed by atoms with E-state index >= 15 is 0 Å². The molecule has 0 aromatic heterocycles. The molecule has 78 valence electrons. The van der Waals surface area contributed by atoms with E-state index in [1.54, 1.807) is 12.1 Å². The molecule has 1 nitrogen and oxygen atoms in total. The molecule has 0 N–H and O–H groups in total. The highest BCUT2D eigenvalue weighted by molar-refractivity contribution is 7.98. The Kier molecular flexibility index (Phi) is 4.98. The molecule has 0 fully saturated rings. The normalized spacial score (nSPS) is 10.9. The van der Waals surface area contributed by atoms with Gasteiger partial charge >= 0.3 is 0 Å². The van der Waals surface area contributed by atoms with Crippen LogP contribution in [0.5, 0.6) is 0 Å². The summed E-state index contributed by atoms with van der Waals surface area (Å²) in [6, 6.07) is 6.78. The predicted octanol–water partition coefficient (Wildman–Crippen LogP) is 2.62. The molecule has 0 spiro atoms. The van der Waals surface area contributed by atoms with Gasteiger partial charge in [0.1, 0.15) is 5.82 Å². The molecule has 0 aliphatic heterocycles. The monoisotopic (exact) mass is 213 g/mol. The lowest BCUT2D eigenvalue weighted by Gasteiger charge is -2.15. The average Bonchev–Trinajstić information content (AvgIpc) is 2.15. The van der Waals surface area contributed by atoms with Crippen LogP contribution in [0.25, 0.3) is 0 Å². The van der Waals surface area contributed by atoms with Gasteiger partial charge in [-0.25, -0.2) is 4.39 Å². The standard InChI is InChI=1S/C11H16FNS/c1-13(6-7-14-2)9-10-4-3-5-11(12)8-10/h3-5,8H,6-7,9H2,1-2H3. The molecular weight excluding hydrogens is 197 g/mol. The summed E-state index contributed by atoms with van der Waals surface area (Å²) in [6.45, 7) is 1.86. The second kappa shape index (κ2) is 6.04. The number of hydrogen-bond acceptors (Lipinski definition) is 2. The summed E-state index contributed by atoms with van der Waals surface area (Å²) in [4.78, 5) is 2.20. The van der Waals surface area contributed by atoms with E-state index in [9.17, 15) is 4.39 Å². The van der Waals surface area contributed by atoms with Crippen LogP contribution in [0.1, 0.15) is 5.56 Å². The first-order valence-electron chi connectivity index (χ1n) is 4.64. The van der Waals surface area contributed by atoms with Crippen LogP contribution in [0, 0.1) is 5.82 Å². The molecule has 0 unspecified atom stereocenters. The molecule has 1 aromatic rings. The topological polar surface area (TPSA) is 3.24 Å². The first kappa shape index (κ1) is 11.5. The highest BCUT2D eigenvalue weighted by Crippen LogP contribution is 2.06. The van der Waals surface area contributed by atoms with Crippen molar-refractivity contribution in [2.45, 2.75) is 6.54 Å². The molecule has 1 rings (SSSR count). The van der Waals surface area contributed by atoms with E-state index < -0.39 is 0 Å². The Morgan fingerprint density at radius 2 is 2.21 bits per heavy atom. The summed E-state index contributed by atoms with van der Waals surface area (Å²) >= 11 is 1.83. The van der Waals surface area contributed by atoms with Gasteiger partial charge in [0.2, 0.25) is 0 Å². The zero-order valence-electron chi connectivity index (χ0n) is 8.66. The maximum Gasteiger partial charge on any atom is 0.123 e. The van der Waals surface area contributed by atoms with Gasteiger partial charge in [-0.3, -0.25) is 0 Å². The van der Waals surface area contributed by atoms with Crippen molar-refractivity contribution >= 4 is 11.8 Å². The van der Waals surface area contributed by atoms with E-state index in [1.807, 2.05) is 17.8 Å². The first-order chi connectivity index (χ1) is 6.72. The van der Waals surface area contributed by atoms with Crippen LogP contribution in [0.3, 0.4) is 0 Å². The minimum atomic E-state index is -0.152. The SMILES string of the molecule is CSCCN(C)Cc1cccc(F)c1. The quantitative estimate of drug-likeness (QED) is 0.739. The number of halogens is 1. The van der Waals surface area contributed by atoms with Gasteiger partial charge in [-0.05, 0) is 31.0 Å². The van der Waals surface area contributed by atoms with Gasteiger partial charge < -0.3 is 4.90 Å². The molecule has 14 heavy (non-hydrogen) atoms. The molecule has 1 aromatic carbocycles. The molecule has 0 atom stereocenters. The molecule has 3 heteroatoms. The van der Waals surface area contributed by atoms with Crippen LogP contribution < -0.4 is 0 Å². The van der Waals surface area contributed by atoms with Crippen LogP contribution in [0.4, 0.5) is 4.39 Å². The number of nitrogens with zero attached hydrogens (tertiary/aromatic N) is 1. The van der Waals surface area contributed by atoms with Crippen LogP contribution in [0.2, 0.25) is 0 Å². The van der Waals surface area contributed by atoms with Gasteiger partial charge in [-0.1, -0.05) is 12.1 Å². The average molecular weight is 213 g/mol. The van der Waals surface area contributed by atoms with Gasteiger partial charge in [-0.2, -0.15) is 11.8 Å². The van der Waals surface area contributed by atoms with Crippen LogP contribution >= 0.6 is 11.8 Å². The Morgan fingerprint density at radius 1 is 1.43 bits per heavy atom. The molecule has 0 aliphatic carbocycles. The number of thioether (sulfide) groups is 1. The molecule has 0 heterocycles. The maximum absolute atomic E-state index is 12.8. The van der Waals surface area contributed by atoms with Gasteiger partial charge in [-0.15, -0.1) is 0 Å². The predicted molar refractivity (Wildman–Crippen MR) is 61.1 cm³/mol. The highest BCUT2D eigenvalue weighted by atomic mass is 32.2. The number of rotatable bonds is 5. The molecule has 0 amide bonds. The van der Waals surface area contributed by atoms with Crippen LogP contribution in [-0.4, -0.2) is 30.5 Å². The third-order valence-corrected chi connectivity index (χ3v) is 2.61. The van der Waals surface area contributed by atoms with Crippen molar-refractivity contribution in [3.8, 4) is 0 Å². The van der Waals surface area contributed by atoms with Crippen molar-refractivity contribution in [3.05, 3.63) is 35.6 Å². The fraction of sp³-hybridized carbons (Fsp3) is 0.455. The maximum atomic E-state index is 12.8. The highest BCUT2D eigenvalue weighted by Gasteiger charge is 2.00. The number of benzene rings is 1. The number of hydrogen-bond donors (Lipinski definition) is 0. The van der Waals surface area contributed by atoms with E-state index in [4.69, 9.17) is 0 Å². The zero-order chi connectivity index (χ0) is 10.4. The molecule has 0 bridgehead atoms. The van der Waals surface area contributed by atoms with Crippen LogP contribution in [0.15, 0.2) is 24.3 Å². The second-order valence-electron chi connectivity index (χ2n) is 3.36. The largest absolute Gasteiger partial charge is 0.301 e. The Labute approximate surface area is 89.3 Å². The van der Waals surface area contributed by atoms with Crippen molar-refractivity contribution in [3.63, 3.8) is 0 Å². The van der Waals surface area contributed by atoms with Crippen molar-refractivity contribution in [2.24, 2.45) is 0 Å². The van der Waals surface area contributed by atoms with E-state index in [0.29, 0.717) is 0 Å². The Balaban J connectivity index is 2.43. The van der Waals surface area contributed by atoms with E-state index in [1.165, 1.54) is 6.07 Å². The molecule has 0 radical (unpaired) electrons. The lowest BCUT2D eigenvalue weighted by molar-refractivity contribution is 0.348. The Morgan fingerprint density at radius 3 is 2.86 bits per heavy atom. The smallest absolute Gasteiger partial charge is 0.123 e. The summed E-state index contributed by atoms with van der Waals surface area (Å²) in [5.41, 5.74) is 1.04. The van der Waals surface area contributed by atoms with Gasteiger partial charge in [0.05, 0.1) is 0 Å². The minimum absolute atomic E-state index is 0.152. The summed E-state index contributed by atoms with van der Waals surface area (Å²) in [7, 11) is 2.06. The van der Waals surface area contributed by atoms with Crippen molar-refractivity contribution < 1.29 is 4.39 Å². The lowest BCUT2D eigenvalue weighted by Crippen LogP contribution is -2.20. The van der Waals surface area contributed by atoms with Crippen LogP contribution in [-0.2, 0) is 6.54 Å². The van der Waals surface area contributed by atoms with Gasteiger partial charge in [0, 0.05) is 18.8 Å². The van der Waals surface area contributed by atoms with E-state index in [-0.39, 0.29) is 5.82 Å². The van der Waals surface area contributed by atoms with E-state index in [2.05, 4.69) is 18.2 Å². The zero-order valence-corrected chi connectivity index (χ0v) is 9.48. The van der Waals surface area contributed by atoms with Gasteiger partial charge in [0.15, 0.2) is 0 Å². The molecule has 0 saturated heterocycles. The van der Waals surface area contributed by atoms with Crippen molar-refractivity contribution in [1.82, 2.24) is 4.90 Å². The summed E-state index contributed by atoms with van der Waals surface area (Å²) in [5, 5.41) is 0. The van der Waals surface area contributed by atoms with Crippen molar-refractivity contribution in [1.29, 1.82) is 0 Å². The summed E-state index contributed by atoms with van der Waals surface area (Å²) in [5.74, 6) is 0.965. The summed E-state index contributed by atoms with van der Waals surface area (Å²) < 4.78 is 12.8. The fourth-order valence-corrected chi connectivity index (χ4v) is 1.77. The third kappa shape index (κ3) is 4.11. The minimum Gasteiger partial charge on any atom is -0.301 e. The fourth-order valence-electron chi connectivity index (χ4n) is 1.27.